The first-order valence-electron chi connectivity index (χ1n) is 6.46. The van der Waals surface area contributed by atoms with Crippen LogP contribution in [-0.2, 0) is 13.0 Å². The van der Waals surface area contributed by atoms with Gasteiger partial charge in [-0.05, 0) is 35.7 Å². The maximum atomic E-state index is 12.5. The van der Waals surface area contributed by atoms with E-state index in [0.29, 0.717) is 16.6 Å². The maximum absolute atomic E-state index is 12.5. The summed E-state index contributed by atoms with van der Waals surface area (Å²) in [5.74, 6) is 0.0675. The van der Waals surface area contributed by atoms with E-state index in [9.17, 15) is 4.79 Å². The number of benzene rings is 2. The van der Waals surface area contributed by atoms with Crippen molar-refractivity contribution >= 4 is 29.1 Å². The summed E-state index contributed by atoms with van der Waals surface area (Å²) in [6.45, 7) is 1.23. The summed E-state index contributed by atoms with van der Waals surface area (Å²) in [6, 6.07) is 13.1. The first-order chi connectivity index (χ1) is 9.65. The highest BCUT2D eigenvalue weighted by Crippen LogP contribution is 2.25. The summed E-state index contributed by atoms with van der Waals surface area (Å²) >= 11 is 12.1. The molecule has 0 atom stereocenters. The predicted molar refractivity (Wildman–Crippen MR) is 81.3 cm³/mol. The zero-order valence-corrected chi connectivity index (χ0v) is 12.3. The lowest BCUT2D eigenvalue weighted by atomic mass is 9.99. The van der Waals surface area contributed by atoms with Gasteiger partial charge in [0.2, 0.25) is 0 Å². The van der Waals surface area contributed by atoms with Crippen molar-refractivity contribution in [3.8, 4) is 0 Å². The molecule has 0 N–H and O–H groups in total. The topological polar surface area (TPSA) is 20.3 Å². The average Bonchev–Trinajstić information content (AvgIpc) is 2.45. The Kier molecular flexibility index (Phi) is 3.68. The zero-order chi connectivity index (χ0) is 14.1. The van der Waals surface area contributed by atoms with Gasteiger partial charge in [0.1, 0.15) is 0 Å². The second-order valence-corrected chi connectivity index (χ2v) is 5.71. The van der Waals surface area contributed by atoms with Gasteiger partial charge in [-0.1, -0.05) is 47.5 Å². The number of halogens is 2. The molecular weight excluding hydrogens is 293 g/mol. The van der Waals surface area contributed by atoms with Gasteiger partial charge in [0.05, 0.1) is 0 Å². The van der Waals surface area contributed by atoms with Gasteiger partial charge in [-0.2, -0.15) is 0 Å². The molecule has 2 nitrogen and oxygen atoms in total. The first kappa shape index (κ1) is 13.5. The van der Waals surface area contributed by atoms with E-state index in [-0.39, 0.29) is 5.91 Å². The fourth-order valence-electron chi connectivity index (χ4n) is 2.48. The lowest BCUT2D eigenvalue weighted by molar-refractivity contribution is 0.0727. The third-order valence-electron chi connectivity index (χ3n) is 3.56. The second-order valence-electron chi connectivity index (χ2n) is 4.87. The molecule has 0 aromatic heterocycles. The first-order valence-corrected chi connectivity index (χ1v) is 7.22. The number of nitrogens with zero attached hydrogens (tertiary/aromatic N) is 1. The molecule has 0 spiro atoms. The fraction of sp³-hybridized carbons (Fsp3) is 0.188. The highest BCUT2D eigenvalue weighted by atomic mass is 35.5. The van der Waals surface area contributed by atoms with Gasteiger partial charge in [-0.25, -0.2) is 0 Å². The number of amides is 1. The van der Waals surface area contributed by atoms with E-state index >= 15 is 0 Å². The highest BCUT2D eigenvalue weighted by Gasteiger charge is 2.24. The van der Waals surface area contributed by atoms with Gasteiger partial charge in [-0.15, -0.1) is 0 Å². The van der Waals surface area contributed by atoms with E-state index in [1.165, 1.54) is 0 Å². The molecule has 1 aliphatic rings. The Bertz CT molecular complexity index is 669. The fourth-order valence-corrected chi connectivity index (χ4v) is 2.95. The molecular formula is C16H13Cl2NO. The van der Waals surface area contributed by atoms with Crippen molar-refractivity contribution in [2.75, 3.05) is 6.54 Å². The van der Waals surface area contributed by atoms with E-state index in [2.05, 4.69) is 0 Å². The van der Waals surface area contributed by atoms with Gasteiger partial charge >= 0.3 is 0 Å². The number of carbonyl (C=O) groups is 1. The van der Waals surface area contributed by atoms with Gasteiger partial charge in [0.15, 0.2) is 0 Å². The van der Waals surface area contributed by atoms with Crippen LogP contribution in [0.15, 0.2) is 42.5 Å². The van der Waals surface area contributed by atoms with Crippen LogP contribution >= 0.6 is 23.2 Å². The third-order valence-corrected chi connectivity index (χ3v) is 4.15. The highest BCUT2D eigenvalue weighted by molar-refractivity contribution is 6.35. The van der Waals surface area contributed by atoms with E-state index in [1.54, 1.807) is 12.1 Å². The Balaban J connectivity index is 1.85. The lowest BCUT2D eigenvalue weighted by Crippen LogP contribution is -2.37. The van der Waals surface area contributed by atoms with Crippen LogP contribution in [-0.4, -0.2) is 17.4 Å². The van der Waals surface area contributed by atoms with Crippen molar-refractivity contribution in [3.05, 3.63) is 69.2 Å². The Morgan fingerprint density at radius 1 is 1.10 bits per heavy atom. The summed E-state index contributed by atoms with van der Waals surface area (Å²) in [7, 11) is 0. The predicted octanol–water partition coefficient (Wildman–Crippen LogP) is 4.19. The van der Waals surface area contributed by atoms with Crippen molar-refractivity contribution < 1.29 is 4.79 Å². The Morgan fingerprint density at radius 2 is 1.90 bits per heavy atom. The zero-order valence-electron chi connectivity index (χ0n) is 10.8. The number of fused-ring (bicyclic) bond motifs is 1. The smallest absolute Gasteiger partial charge is 0.254 e. The third kappa shape index (κ3) is 2.54. The van der Waals surface area contributed by atoms with E-state index < -0.39 is 0 Å². The van der Waals surface area contributed by atoms with Crippen LogP contribution in [0, 0.1) is 0 Å². The molecule has 4 heteroatoms. The SMILES string of the molecule is O=C1c2ccccc2CCN1Cc1ccc(Cl)cc1Cl. The van der Waals surface area contributed by atoms with Gasteiger partial charge in [0, 0.05) is 28.7 Å². The Morgan fingerprint density at radius 3 is 2.70 bits per heavy atom. The molecule has 20 heavy (non-hydrogen) atoms. The van der Waals surface area contributed by atoms with Gasteiger partial charge in [-0.3, -0.25) is 4.79 Å². The summed E-state index contributed by atoms with van der Waals surface area (Å²) < 4.78 is 0. The summed E-state index contributed by atoms with van der Waals surface area (Å²) in [5, 5.41) is 1.21. The van der Waals surface area contributed by atoms with Gasteiger partial charge in [0.25, 0.3) is 5.91 Å². The molecule has 3 rings (SSSR count). The van der Waals surface area contributed by atoms with Crippen molar-refractivity contribution in [2.45, 2.75) is 13.0 Å². The molecule has 1 amide bonds. The molecule has 2 aromatic carbocycles. The standard InChI is InChI=1S/C16H13Cl2NO/c17-13-6-5-12(15(18)9-13)10-19-8-7-11-3-1-2-4-14(11)16(19)20/h1-6,9H,7-8,10H2. The molecule has 0 fully saturated rings. The monoisotopic (exact) mass is 305 g/mol. The molecule has 0 unspecified atom stereocenters. The summed E-state index contributed by atoms with van der Waals surface area (Å²) in [4.78, 5) is 14.3. The molecule has 2 aromatic rings. The summed E-state index contributed by atoms with van der Waals surface area (Å²) in [5.41, 5.74) is 2.84. The normalized spacial score (nSPS) is 14.3. The maximum Gasteiger partial charge on any atom is 0.254 e. The minimum Gasteiger partial charge on any atom is -0.334 e. The van der Waals surface area contributed by atoms with Crippen LogP contribution in [0.2, 0.25) is 10.0 Å². The Hall–Kier alpha value is -1.51. The van der Waals surface area contributed by atoms with Crippen LogP contribution in [0.4, 0.5) is 0 Å². The van der Waals surface area contributed by atoms with E-state index in [4.69, 9.17) is 23.2 Å². The van der Waals surface area contributed by atoms with Crippen molar-refractivity contribution in [1.82, 2.24) is 4.90 Å². The molecule has 0 radical (unpaired) electrons. The number of hydrogen-bond acceptors (Lipinski definition) is 1. The van der Waals surface area contributed by atoms with Crippen LogP contribution < -0.4 is 0 Å². The number of hydrogen-bond donors (Lipinski definition) is 0. The van der Waals surface area contributed by atoms with E-state index in [0.717, 1.165) is 29.7 Å². The molecule has 0 saturated heterocycles. The minimum atomic E-state index is 0.0675. The molecule has 102 valence electrons. The molecule has 0 bridgehead atoms. The van der Waals surface area contributed by atoms with Crippen molar-refractivity contribution in [3.63, 3.8) is 0 Å². The largest absolute Gasteiger partial charge is 0.334 e. The number of rotatable bonds is 2. The summed E-state index contributed by atoms with van der Waals surface area (Å²) in [6.07, 6.45) is 0.882. The molecule has 0 saturated carbocycles. The Labute approximate surface area is 127 Å². The second kappa shape index (κ2) is 5.47. The van der Waals surface area contributed by atoms with Crippen molar-refractivity contribution in [2.24, 2.45) is 0 Å². The van der Waals surface area contributed by atoms with Crippen LogP contribution in [0.25, 0.3) is 0 Å². The molecule has 1 aliphatic heterocycles. The van der Waals surface area contributed by atoms with Crippen LogP contribution in [0.5, 0.6) is 0 Å². The average molecular weight is 306 g/mol. The van der Waals surface area contributed by atoms with Gasteiger partial charge < -0.3 is 4.90 Å². The molecule has 0 aliphatic carbocycles. The molecule has 1 heterocycles. The number of carbonyl (C=O) groups excluding carboxylic acids is 1. The van der Waals surface area contributed by atoms with E-state index in [1.807, 2.05) is 35.2 Å². The van der Waals surface area contributed by atoms with Crippen LogP contribution in [0.3, 0.4) is 0 Å². The van der Waals surface area contributed by atoms with Crippen molar-refractivity contribution in [1.29, 1.82) is 0 Å². The minimum absolute atomic E-state index is 0.0675. The van der Waals surface area contributed by atoms with Crippen LogP contribution in [0.1, 0.15) is 21.5 Å². The quantitative estimate of drug-likeness (QED) is 0.814. The lowest BCUT2D eigenvalue weighted by Gasteiger charge is -2.28.